The van der Waals surface area contributed by atoms with E-state index in [1.54, 1.807) is 0 Å². The van der Waals surface area contributed by atoms with Crippen LogP contribution in [0.15, 0.2) is 0 Å². The summed E-state index contributed by atoms with van der Waals surface area (Å²) in [6.07, 6.45) is 0. The Hall–Kier alpha value is -4.19. The van der Waals surface area contributed by atoms with Crippen LogP contribution < -0.4 is 131 Å². The fraction of sp³-hybridized carbons (Fsp3) is 0.596. The minimum absolute atomic E-state index is 0. The molecule has 0 atom stereocenters. The predicted molar refractivity (Wildman–Crippen MR) is 340 cm³/mol. The monoisotopic (exact) mass is 1180 g/mol. The Balaban J connectivity index is 0.0000144. The Morgan fingerprint density at radius 2 is 0.364 bits per heavy atom. The summed E-state index contributed by atoms with van der Waals surface area (Å²) in [6, 6.07) is 0. The van der Waals surface area contributed by atoms with Crippen molar-refractivity contribution in [3.8, 4) is 0 Å². The van der Waals surface area contributed by atoms with Crippen molar-refractivity contribution in [1.82, 2.24) is 0 Å². The van der Waals surface area contributed by atoms with E-state index in [4.69, 9.17) is 0 Å². The number of anilines is 15. The topological polar surface area (TPSA) is 48.6 Å². The van der Waals surface area contributed by atoms with Crippen LogP contribution in [-0.4, -0.2) is 220 Å². The van der Waals surface area contributed by atoms with E-state index in [0.717, 1.165) is 17.1 Å². The van der Waals surface area contributed by atoms with Crippen molar-refractivity contribution in [2.24, 2.45) is 0 Å². The summed E-state index contributed by atoms with van der Waals surface area (Å²) in [4.78, 5) is 35.9. The van der Waals surface area contributed by atoms with Gasteiger partial charge in [0.05, 0.1) is 85.3 Å². The molecule has 434 valence electrons. The maximum Gasteiger partial charge on any atom is 4.00 e. The Kier molecular flexibility index (Phi) is 25.4. The third kappa shape index (κ3) is 11.9. The molecule has 0 radical (unpaired) electrons. The van der Waals surface area contributed by atoms with Gasteiger partial charge in [0.15, 0.2) is 8.07 Å². The van der Waals surface area contributed by atoms with Crippen LogP contribution in [0.1, 0.15) is 22.3 Å². The van der Waals surface area contributed by atoms with Gasteiger partial charge in [0.2, 0.25) is 0 Å². The fourth-order valence-corrected chi connectivity index (χ4v) is 19.3. The molecule has 0 saturated heterocycles. The van der Waals surface area contributed by atoms with Crippen molar-refractivity contribution < 1.29 is 58.9 Å². The Bertz CT molecular complexity index is 2280. The van der Waals surface area contributed by atoms with E-state index in [9.17, 15) is 0 Å². The Morgan fingerprint density at radius 1 is 0.234 bits per heavy atom. The van der Waals surface area contributed by atoms with Crippen LogP contribution in [0.2, 0.25) is 0 Å². The first kappa shape index (κ1) is 72.8. The molecule has 20 heteroatoms. The molecule has 15 nitrogen and oxygen atoms in total. The van der Waals surface area contributed by atoms with E-state index in [0.29, 0.717) is 0 Å². The smallest absolute Gasteiger partial charge is 1.00 e. The van der Waals surface area contributed by atoms with Gasteiger partial charge in [0.1, 0.15) is 0 Å². The van der Waals surface area contributed by atoms with Gasteiger partial charge in [0, 0.05) is 227 Å². The van der Waals surface area contributed by atoms with Gasteiger partial charge in [-0.15, -0.1) is 0 Å². The number of hydrogen-bond donors (Lipinski definition) is 0. The zero-order valence-corrected chi connectivity index (χ0v) is 59.2. The standard InChI is InChI=1S/C57H102N15Si.3ClH.Ti/c1-35-36(2)38(4)54(37(35)3)73(55-48(67(23)24)42(61(11)12)39(58(5)6)43(62(13)14)49(55)68(25)26,56-50(69(27)28)44(63(15)16)40(59(7)8)45(64(17)18)51(56)70(29)30)57-52(71(31)32)46(65(19)20)41(60(9)10)47(66(21)22)53(57)72(33)34;;;;/h1-34H3;3*1H;/q-1;;;;+4/p-3. The average Bonchev–Trinajstić information content (AvgIpc) is 3.44. The molecule has 0 saturated carbocycles. The van der Waals surface area contributed by atoms with Crippen LogP contribution in [0, 0.1) is 27.7 Å². The molecule has 77 heavy (non-hydrogen) atoms. The van der Waals surface area contributed by atoms with Gasteiger partial charge < -0.3 is 111 Å². The van der Waals surface area contributed by atoms with E-state index >= 15 is 0 Å². The van der Waals surface area contributed by atoms with Crippen LogP contribution in [-0.2, 0) is 21.7 Å². The minimum atomic E-state index is -4.15. The van der Waals surface area contributed by atoms with Crippen LogP contribution >= 0.6 is 0 Å². The third-order valence-electron chi connectivity index (χ3n) is 14.8. The summed E-state index contributed by atoms with van der Waals surface area (Å²) in [5.74, 6) is 0. The molecule has 4 rings (SSSR count). The van der Waals surface area contributed by atoms with E-state index in [1.807, 2.05) is 0 Å². The normalized spacial score (nSPS) is 10.8. The maximum absolute atomic E-state index is 4.15. The zero-order chi connectivity index (χ0) is 56.4. The van der Waals surface area contributed by atoms with Gasteiger partial charge in [-0.2, -0.15) is 27.4 Å². The molecular weight excluding hydrogens is 1080 g/mol. The number of nitrogens with zero attached hydrogens (tertiary/aromatic N) is 15. The SMILES string of the molecule is Cc1c(C)c([Si](c2c(N(C)C)c(N(C)C)c(N(C)C)c(N(C)C)c2N(C)C)(c2c(N(C)C)c(N(C)C)c(N(C)C)c(N(C)C)c2N(C)C)c2c(N(C)C)c(N(C)C)c(N(C)C)c(N(C)C)c2N(C)C)[c-](C)c1C.[Cl-].[Cl-].[Cl-].[Ti+4]. The predicted octanol–water partition coefficient (Wildman–Crippen LogP) is -3.98. The summed E-state index contributed by atoms with van der Waals surface area (Å²) >= 11 is 0. The van der Waals surface area contributed by atoms with E-state index in [-0.39, 0.29) is 58.9 Å². The Labute approximate surface area is 504 Å². The Morgan fingerprint density at radius 3 is 0.468 bits per heavy atom. The van der Waals surface area contributed by atoms with Gasteiger partial charge in [-0.25, -0.2) is 0 Å². The molecule has 0 unspecified atom stereocenters. The first-order valence-corrected chi connectivity index (χ1v) is 27.5. The molecule has 0 aliphatic carbocycles. The molecule has 0 amide bonds. The summed E-state index contributed by atoms with van der Waals surface area (Å²) < 4.78 is 0. The largest absolute Gasteiger partial charge is 4.00 e. The summed E-state index contributed by atoms with van der Waals surface area (Å²) in [7, 11) is 63.2. The second-order valence-corrected chi connectivity index (χ2v) is 26.9. The van der Waals surface area contributed by atoms with Crippen molar-refractivity contribution >= 4 is 114 Å². The first-order valence-electron chi connectivity index (χ1n) is 25.5. The molecule has 0 aliphatic rings. The molecule has 0 aliphatic heterocycles. The second-order valence-electron chi connectivity index (χ2n) is 23.4. The molecule has 0 heterocycles. The molecule has 0 aromatic heterocycles. The summed E-state index contributed by atoms with van der Waals surface area (Å²) in [6.45, 7) is 9.59. The van der Waals surface area contributed by atoms with Crippen LogP contribution in [0.5, 0.6) is 0 Å². The molecule has 4 aromatic rings. The third-order valence-corrected chi connectivity index (χ3v) is 19.9. The molecule has 0 N–H and O–H groups in total. The fourth-order valence-electron chi connectivity index (χ4n) is 12.1. The van der Waals surface area contributed by atoms with Crippen molar-refractivity contribution in [1.29, 1.82) is 0 Å². The maximum atomic E-state index is 2.44. The van der Waals surface area contributed by atoms with Crippen molar-refractivity contribution in [2.45, 2.75) is 27.7 Å². The first-order chi connectivity index (χ1) is 33.5. The number of rotatable bonds is 19. The van der Waals surface area contributed by atoms with Crippen LogP contribution in [0.4, 0.5) is 85.3 Å². The second kappa shape index (κ2) is 26.8. The molecule has 0 bridgehead atoms. The number of halogens is 3. The summed E-state index contributed by atoms with van der Waals surface area (Å²) in [5.41, 5.74) is 23.0. The van der Waals surface area contributed by atoms with Crippen molar-refractivity contribution in [3.63, 3.8) is 0 Å². The summed E-state index contributed by atoms with van der Waals surface area (Å²) in [5, 5.41) is 5.39. The van der Waals surface area contributed by atoms with Crippen LogP contribution in [0.25, 0.3) is 0 Å². The van der Waals surface area contributed by atoms with E-state index < -0.39 is 8.07 Å². The molecular formula is C57H102Cl3N15SiTi. The number of hydrogen-bond acceptors (Lipinski definition) is 15. The van der Waals surface area contributed by atoms with Crippen LogP contribution in [0.3, 0.4) is 0 Å². The van der Waals surface area contributed by atoms with Gasteiger partial charge in [-0.3, -0.25) is 0 Å². The molecule has 0 spiro atoms. The van der Waals surface area contributed by atoms with Crippen molar-refractivity contribution in [2.75, 3.05) is 285 Å². The quantitative estimate of drug-likeness (QED) is 0.0522. The van der Waals surface area contributed by atoms with Gasteiger partial charge in [0.25, 0.3) is 0 Å². The van der Waals surface area contributed by atoms with Gasteiger partial charge >= 0.3 is 21.7 Å². The van der Waals surface area contributed by atoms with E-state index in [1.165, 1.54) is 111 Å². The molecule has 0 fully saturated rings. The van der Waals surface area contributed by atoms with Gasteiger partial charge in [-0.1, -0.05) is 27.7 Å². The van der Waals surface area contributed by atoms with Gasteiger partial charge in [-0.05, 0) is 0 Å². The molecule has 4 aromatic carbocycles. The average molecular weight is 1180 g/mol. The van der Waals surface area contributed by atoms with Crippen molar-refractivity contribution in [3.05, 3.63) is 22.3 Å². The minimum Gasteiger partial charge on any atom is -1.00 e. The number of benzene rings is 3. The zero-order valence-electron chi connectivity index (χ0n) is 54.3. The van der Waals surface area contributed by atoms with E-state index in [2.05, 4.69) is 313 Å².